The number of carbonyl (C=O) groups is 1. The second kappa shape index (κ2) is 5.22. The van der Waals surface area contributed by atoms with Crippen LogP contribution in [0, 0.1) is 28.9 Å². The van der Waals surface area contributed by atoms with E-state index in [1.807, 2.05) is 6.07 Å². The third kappa shape index (κ3) is 2.22. The largest absolute Gasteiger partial charge is 0.481 e. The minimum atomic E-state index is -0.920. The fourth-order valence-corrected chi connectivity index (χ4v) is 2.80. The molecule has 1 aromatic carbocycles. The molecule has 1 saturated heterocycles. The van der Waals surface area contributed by atoms with Crippen LogP contribution in [0.25, 0.3) is 10.9 Å². The Bertz CT molecular complexity index is 817. The van der Waals surface area contributed by atoms with Crippen LogP contribution >= 0.6 is 0 Å². The van der Waals surface area contributed by atoms with Gasteiger partial charge in [-0.05, 0) is 12.5 Å². The topological polar surface area (TPSA) is 77.2 Å². The summed E-state index contributed by atoms with van der Waals surface area (Å²) in [6.45, 7) is 0.601. The second-order valence-corrected chi connectivity index (χ2v) is 5.19. The number of nitrogens with zero attached hydrogens (tertiary/aromatic N) is 3. The Balaban J connectivity index is 2.19. The van der Waals surface area contributed by atoms with Gasteiger partial charge in [-0.25, -0.2) is 8.78 Å². The van der Waals surface area contributed by atoms with E-state index in [1.54, 1.807) is 4.90 Å². The molecule has 2 heterocycles. The molecule has 1 aliphatic rings. The van der Waals surface area contributed by atoms with Gasteiger partial charge >= 0.3 is 5.97 Å². The summed E-state index contributed by atoms with van der Waals surface area (Å²) in [7, 11) is 0. The van der Waals surface area contributed by atoms with E-state index in [0.29, 0.717) is 18.7 Å². The molecule has 1 atom stereocenters. The number of benzene rings is 1. The predicted octanol–water partition coefficient (Wildman–Crippen LogP) is 2.30. The van der Waals surface area contributed by atoms with Crippen LogP contribution in [0.3, 0.4) is 0 Å². The molecule has 0 amide bonds. The van der Waals surface area contributed by atoms with Crippen molar-refractivity contribution in [3.63, 3.8) is 0 Å². The van der Waals surface area contributed by atoms with Gasteiger partial charge < -0.3 is 10.0 Å². The van der Waals surface area contributed by atoms with Gasteiger partial charge in [0.05, 0.1) is 17.2 Å². The Kier molecular flexibility index (Phi) is 3.37. The molecule has 5 nitrogen and oxygen atoms in total. The fraction of sp³-hybridized carbons (Fsp3) is 0.267. The second-order valence-electron chi connectivity index (χ2n) is 5.19. The molecule has 7 heteroatoms. The normalized spacial score (nSPS) is 17.7. The van der Waals surface area contributed by atoms with Crippen LogP contribution in [0.5, 0.6) is 0 Å². The van der Waals surface area contributed by atoms with E-state index in [9.17, 15) is 18.8 Å². The fourth-order valence-electron chi connectivity index (χ4n) is 2.80. The molecule has 22 heavy (non-hydrogen) atoms. The first-order valence-electron chi connectivity index (χ1n) is 6.67. The van der Waals surface area contributed by atoms with Crippen LogP contribution in [0.4, 0.5) is 14.5 Å². The molecule has 1 unspecified atom stereocenters. The molecule has 0 aliphatic carbocycles. The highest BCUT2D eigenvalue weighted by Crippen LogP contribution is 2.34. The van der Waals surface area contributed by atoms with Gasteiger partial charge in [-0.1, -0.05) is 0 Å². The van der Waals surface area contributed by atoms with Gasteiger partial charge in [-0.2, -0.15) is 5.26 Å². The number of nitriles is 1. The Labute approximate surface area is 124 Å². The molecule has 1 N–H and O–H groups in total. The van der Waals surface area contributed by atoms with Crippen molar-refractivity contribution in [1.29, 1.82) is 5.26 Å². The van der Waals surface area contributed by atoms with Gasteiger partial charge in [-0.15, -0.1) is 0 Å². The molecule has 1 aliphatic heterocycles. The number of rotatable bonds is 2. The summed E-state index contributed by atoms with van der Waals surface area (Å²) in [5.74, 6) is -3.06. The van der Waals surface area contributed by atoms with Crippen molar-refractivity contribution in [2.24, 2.45) is 5.92 Å². The summed E-state index contributed by atoms with van der Waals surface area (Å²) in [6.07, 6.45) is 1.65. The highest BCUT2D eigenvalue weighted by Gasteiger charge is 2.30. The van der Waals surface area contributed by atoms with E-state index in [2.05, 4.69) is 4.98 Å². The average molecular weight is 303 g/mol. The molecular formula is C15H11F2N3O2. The number of halogens is 2. The molecule has 0 spiro atoms. The highest BCUT2D eigenvalue weighted by atomic mass is 19.1. The summed E-state index contributed by atoms with van der Waals surface area (Å²) in [6, 6.07) is 3.80. The Hall–Kier alpha value is -2.75. The zero-order chi connectivity index (χ0) is 15.9. The summed E-state index contributed by atoms with van der Waals surface area (Å²) in [4.78, 5) is 16.6. The van der Waals surface area contributed by atoms with Gasteiger partial charge in [0.25, 0.3) is 0 Å². The Morgan fingerprint density at radius 3 is 2.86 bits per heavy atom. The maximum atomic E-state index is 13.9. The van der Waals surface area contributed by atoms with Crippen molar-refractivity contribution in [3.8, 4) is 6.07 Å². The van der Waals surface area contributed by atoms with Gasteiger partial charge in [0.1, 0.15) is 17.4 Å². The first-order valence-corrected chi connectivity index (χ1v) is 6.67. The van der Waals surface area contributed by atoms with E-state index < -0.39 is 23.5 Å². The lowest BCUT2D eigenvalue weighted by molar-refractivity contribution is -0.140. The van der Waals surface area contributed by atoms with E-state index in [1.165, 1.54) is 6.20 Å². The lowest BCUT2D eigenvalue weighted by Crippen LogP contribution is -2.23. The molecule has 0 bridgehead atoms. The van der Waals surface area contributed by atoms with E-state index >= 15 is 0 Å². The van der Waals surface area contributed by atoms with E-state index in [-0.39, 0.29) is 23.0 Å². The first-order chi connectivity index (χ1) is 10.5. The van der Waals surface area contributed by atoms with Crippen molar-refractivity contribution in [2.45, 2.75) is 6.42 Å². The third-order valence-electron chi connectivity index (χ3n) is 3.84. The van der Waals surface area contributed by atoms with Crippen molar-refractivity contribution >= 4 is 22.6 Å². The summed E-state index contributed by atoms with van der Waals surface area (Å²) >= 11 is 0. The zero-order valence-electron chi connectivity index (χ0n) is 11.4. The van der Waals surface area contributed by atoms with Gasteiger partial charge in [0.15, 0.2) is 5.82 Å². The molecule has 1 fully saturated rings. The smallest absolute Gasteiger partial charge is 0.308 e. The number of carboxylic acid groups (broad SMARTS) is 1. The van der Waals surface area contributed by atoms with Crippen LogP contribution in [0.2, 0.25) is 0 Å². The lowest BCUT2D eigenvalue weighted by Gasteiger charge is -2.21. The number of pyridine rings is 1. The molecule has 3 rings (SSSR count). The number of fused-ring (bicyclic) bond motifs is 1. The van der Waals surface area contributed by atoms with Crippen molar-refractivity contribution in [2.75, 3.05) is 18.0 Å². The zero-order valence-corrected chi connectivity index (χ0v) is 11.4. The van der Waals surface area contributed by atoms with E-state index in [0.717, 1.165) is 12.1 Å². The van der Waals surface area contributed by atoms with Crippen LogP contribution in [-0.2, 0) is 4.79 Å². The van der Waals surface area contributed by atoms with Crippen molar-refractivity contribution < 1.29 is 18.7 Å². The number of hydrogen-bond donors (Lipinski definition) is 1. The van der Waals surface area contributed by atoms with Gasteiger partial charge in [0.2, 0.25) is 0 Å². The summed E-state index contributed by atoms with van der Waals surface area (Å²) in [5, 5.41) is 18.5. The number of aliphatic carboxylic acids is 1. The summed E-state index contributed by atoms with van der Waals surface area (Å²) in [5.41, 5.74) is 0.479. The van der Waals surface area contributed by atoms with Crippen LogP contribution < -0.4 is 4.90 Å². The molecular weight excluding hydrogens is 292 g/mol. The maximum absolute atomic E-state index is 13.9. The molecule has 0 radical (unpaired) electrons. The summed E-state index contributed by atoms with van der Waals surface area (Å²) < 4.78 is 27.4. The van der Waals surface area contributed by atoms with Gasteiger partial charge in [0, 0.05) is 30.7 Å². The Morgan fingerprint density at radius 2 is 2.23 bits per heavy atom. The van der Waals surface area contributed by atoms with Crippen molar-refractivity contribution in [1.82, 2.24) is 4.98 Å². The predicted molar refractivity (Wildman–Crippen MR) is 74.3 cm³/mol. The monoisotopic (exact) mass is 303 g/mol. The van der Waals surface area contributed by atoms with Gasteiger partial charge in [-0.3, -0.25) is 9.78 Å². The van der Waals surface area contributed by atoms with Crippen LogP contribution in [0.1, 0.15) is 12.0 Å². The number of hydrogen-bond acceptors (Lipinski definition) is 4. The quantitative estimate of drug-likeness (QED) is 0.921. The minimum Gasteiger partial charge on any atom is -0.481 e. The minimum absolute atomic E-state index is 0.0332. The first kappa shape index (κ1) is 14.2. The highest BCUT2D eigenvalue weighted by molar-refractivity contribution is 5.95. The number of aromatic nitrogens is 1. The molecule has 112 valence electrons. The number of anilines is 1. The van der Waals surface area contributed by atoms with Crippen molar-refractivity contribution in [3.05, 3.63) is 35.5 Å². The lowest BCUT2D eigenvalue weighted by atomic mass is 10.1. The third-order valence-corrected chi connectivity index (χ3v) is 3.84. The van der Waals surface area contributed by atoms with E-state index in [4.69, 9.17) is 5.11 Å². The van der Waals surface area contributed by atoms with Crippen LogP contribution in [-0.4, -0.2) is 29.1 Å². The number of carboxylic acids is 1. The Morgan fingerprint density at radius 1 is 1.45 bits per heavy atom. The van der Waals surface area contributed by atoms with Crippen LogP contribution in [0.15, 0.2) is 18.3 Å². The SMILES string of the molecule is N#Cc1cnc2c(F)cc(F)cc2c1N1CCC(C(=O)O)C1. The average Bonchev–Trinajstić information content (AvgIpc) is 2.95. The standard InChI is InChI=1S/C15H11F2N3O2/c16-10-3-11-13(12(17)4-10)19-6-9(5-18)14(11)20-2-1-8(7-20)15(21)22/h3-4,6,8H,1-2,7H2,(H,21,22). The molecule has 0 saturated carbocycles. The molecule has 2 aromatic rings. The molecule has 1 aromatic heterocycles. The maximum Gasteiger partial charge on any atom is 0.308 e.